The summed E-state index contributed by atoms with van der Waals surface area (Å²) >= 11 is 3.25. The molecule has 1 saturated heterocycles. The zero-order valence-corrected chi connectivity index (χ0v) is 20.7. The lowest BCUT2D eigenvalue weighted by Gasteiger charge is -2.38. The molecule has 1 fully saturated rings. The summed E-state index contributed by atoms with van der Waals surface area (Å²) < 4.78 is 34.5. The highest BCUT2D eigenvalue weighted by Crippen LogP contribution is 2.27. The van der Waals surface area contributed by atoms with Crippen LogP contribution in [-0.2, 0) is 11.4 Å². The number of ether oxygens (including phenoxy) is 1. The van der Waals surface area contributed by atoms with Crippen LogP contribution in [0.3, 0.4) is 0 Å². The summed E-state index contributed by atoms with van der Waals surface area (Å²) in [6.45, 7) is 8.61. The zero-order chi connectivity index (χ0) is 24.5. The second-order valence-electron chi connectivity index (χ2n) is 8.83. The summed E-state index contributed by atoms with van der Waals surface area (Å²) in [7, 11) is 0. The zero-order valence-electron chi connectivity index (χ0n) is 19.1. The summed E-state index contributed by atoms with van der Waals surface area (Å²) in [5.74, 6) is -1.17. The maximum absolute atomic E-state index is 14.0. The Morgan fingerprint density at radius 2 is 1.88 bits per heavy atom. The predicted molar refractivity (Wildman–Crippen MR) is 124 cm³/mol. The van der Waals surface area contributed by atoms with E-state index >= 15 is 0 Å². The van der Waals surface area contributed by atoms with Gasteiger partial charge in [-0.3, -0.25) is 14.2 Å². The number of piperazine rings is 1. The van der Waals surface area contributed by atoms with Gasteiger partial charge in [-0.25, -0.2) is 8.78 Å². The number of amides is 1. The lowest BCUT2D eigenvalue weighted by molar-refractivity contribution is -0.136. The largest absolute Gasteiger partial charge is 0.472 e. The number of aromatic nitrogens is 2. The van der Waals surface area contributed by atoms with Gasteiger partial charge in [0.25, 0.3) is 5.56 Å². The number of hydrogen-bond acceptors (Lipinski definition) is 6. The van der Waals surface area contributed by atoms with Crippen LogP contribution >= 0.6 is 15.9 Å². The summed E-state index contributed by atoms with van der Waals surface area (Å²) in [4.78, 5) is 33.7. The van der Waals surface area contributed by atoms with E-state index in [9.17, 15) is 18.4 Å². The number of carbonyl (C=O) groups is 1. The molecule has 2 N–H and O–H groups in total. The molecule has 0 unspecified atom stereocenters. The van der Waals surface area contributed by atoms with Crippen molar-refractivity contribution < 1.29 is 18.3 Å². The standard InChI is InChI=1S/C22H28BrF2N5O3/c1-13(2)30-19(31)17(23)18(33-12-14-5-6-15(24)11-16(14)25)27-21(30)29-9-7-28(8-10-29)20(32)22(3,4)26/h5-6,11,13H,7-10,12,26H2,1-4H3. The summed E-state index contributed by atoms with van der Waals surface area (Å²) in [5.41, 5.74) is 4.77. The summed E-state index contributed by atoms with van der Waals surface area (Å²) in [5, 5.41) is 0. The number of nitrogens with two attached hydrogens (primary N) is 1. The third kappa shape index (κ3) is 5.52. The van der Waals surface area contributed by atoms with E-state index in [1.165, 1.54) is 6.07 Å². The first-order valence-corrected chi connectivity index (χ1v) is 11.4. The summed E-state index contributed by atoms with van der Waals surface area (Å²) in [6, 6.07) is 2.99. The van der Waals surface area contributed by atoms with Gasteiger partial charge in [0.2, 0.25) is 17.7 Å². The van der Waals surface area contributed by atoms with E-state index in [1.54, 1.807) is 23.3 Å². The minimum atomic E-state index is -0.964. The molecule has 0 saturated carbocycles. The number of rotatable bonds is 6. The molecule has 0 spiro atoms. The van der Waals surface area contributed by atoms with Crippen LogP contribution < -0.4 is 20.9 Å². The highest BCUT2D eigenvalue weighted by atomic mass is 79.9. The van der Waals surface area contributed by atoms with Gasteiger partial charge >= 0.3 is 0 Å². The normalized spacial score (nSPS) is 14.7. The Morgan fingerprint density at radius 3 is 2.42 bits per heavy atom. The molecule has 0 radical (unpaired) electrons. The van der Waals surface area contributed by atoms with E-state index in [0.717, 1.165) is 12.1 Å². The van der Waals surface area contributed by atoms with Crippen LogP contribution in [-0.4, -0.2) is 52.1 Å². The van der Waals surface area contributed by atoms with Crippen LogP contribution in [0.25, 0.3) is 0 Å². The van der Waals surface area contributed by atoms with E-state index in [2.05, 4.69) is 20.9 Å². The van der Waals surface area contributed by atoms with Crippen molar-refractivity contribution in [1.82, 2.24) is 14.5 Å². The van der Waals surface area contributed by atoms with Gasteiger partial charge in [-0.1, -0.05) is 0 Å². The monoisotopic (exact) mass is 527 g/mol. The molecule has 180 valence electrons. The van der Waals surface area contributed by atoms with Gasteiger partial charge in [-0.05, 0) is 55.8 Å². The molecule has 3 rings (SSSR count). The molecule has 1 aliphatic rings. The quantitative estimate of drug-likeness (QED) is 0.620. The van der Waals surface area contributed by atoms with Crippen molar-refractivity contribution in [2.24, 2.45) is 5.73 Å². The molecule has 1 aromatic carbocycles. The van der Waals surface area contributed by atoms with Crippen LogP contribution in [0.5, 0.6) is 5.88 Å². The first-order valence-electron chi connectivity index (χ1n) is 10.6. The minimum absolute atomic E-state index is 0.0113. The van der Waals surface area contributed by atoms with E-state index in [-0.39, 0.29) is 40.0 Å². The maximum Gasteiger partial charge on any atom is 0.273 e. The van der Waals surface area contributed by atoms with Crippen LogP contribution in [0.1, 0.15) is 39.3 Å². The molecule has 2 heterocycles. The molecule has 2 aromatic rings. The van der Waals surface area contributed by atoms with Gasteiger partial charge in [-0.15, -0.1) is 0 Å². The molecular formula is C22H28BrF2N5O3. The van der Waals surface area contributed by atoms with Gasteiger partial charge in [0.15, 0.2) is 0 Å². The smallest absolute Gasteiger partial charge is 0.273 e. The first kappa shape index (κ1) is 25.1. The van der Waals surface area contributed by atoms with Crippen LogP contribution in [0.2, 0.25) is 0 Å². The van der Waals surface area contributed by atoms with Crippen LogP contribution in [0, 0.1) is 11.6 Å². The Kier molecular flexibility index (Phi) is 7.42. The molecular weight excluding hydrogens is 500 g/mol. The molecule has 8 nitrogen and oxygen atoms in total. The molecule has 11 heteroatoms. The molecule has 1 aliphatic heterocycles. The predicted octanol–water partition coefficient (Wildman–Crippen LogP) is 2.83. The van der Waals surface area contributed by atoms with Crippen molar-refractivity contribution in [3.05, 3.63) is 50.2 Å². The first-order chi connectivity index (χ1) is 15.4. The van der Waals surface area contributed by atoms with E-state index < -0.39 is 17.2 Å². The van der Waals surface area contributed by atoms with Crippen molar-refractivity contribution >= 4 is 27.8 Å². The van der Waals surface area contributed by atoms with Crippen molar-refractivity contribution in [3.63, 3.8) is 0 Å². The highest BCUT2D eigenvalue weighted by molar-refractivity contribution is 9.10. The SMILES string of the molecule is CC(C)n1c(N2CCN(C(=O)C(C)(C)N)CC2)nc(OCc2ccc(F)cc2F)c(Br)c1=O. The lowest BCUT2D eigenvalue weighted by atomic mass is 10.0. The average molecular weight is 528 g/mol. The Balaban J connectivity index is 1.87. The second-order valence-corrected chi connectivity index (χ2v) is 9.62. The van der Waals surface area contributed by atoms with Gasteiger partial charge in [0.1, 0.15) is 22.7 Å². The van der Waals surface area contributed by atoms with Gasteiger partial charge in [0, 0.05) is 43.9 Å². The van der Waals surface area contributed by atoms with Crippen molar-refractivity contribution in [2.75, 3.05) is 31.1 Å². The van der Waals surface area contributed by atoms with Gasteiger partial charge < -0.3 is 20.3 Å². The van der Waals surface area contributed by atoms with E-state index in [1.807, 2.05) is 18.7 Å². The Bertz CT molecular complexity index is 1090. The van der Waals surface area contributed by atoms with Crippen molar-refractivity contribution in [3.8, 4) is 5.88 Å². The number of nitrogens with zero attached hydrogens (tertiary/aromatic N) is 4. The number of anilines is 1. The van der Waals surface area contributed by atoms with E-state index in [0.29, 0.717) is 32.1 Å². The lowest BCUT2D eigenvalue weighted by Crippen LogP contribution is -2.57. The second kappa shape index (κ2) is 9.76. The highest BCUT2D eigenvalue weighted by Gasteiger charge is 2.32. The fraction of sp³-hybridized carbons (Fsp3) is 0.500. The number of benzene rings is 1. The molecule has 1 amide bonds. The minimum Gasteiger partial charge on any atom is -0.472 e. The average Bonchev–Trinajstić information content (AvgIpc) is 2.74. The summed E-state index contributed by atoms with van der Waals surface area (Å²) in [6.07, 6.45) is 0. The van der Waals surface area contributed by atoms with Crippen LogP contribution in [0.15, 0.2) is 27.5 Å². The molecule has 0 atom stereocenters. The Morgan fingerprint density at radius 1 is 1.24 bits per heavy atom. The maximum atomic E-state index is 14.0. The molecule has 0 bridgehead atoms. The van der Waals surface area contributed by atoms with E-state index in [4.69, 9.17) is 10.5 Å². The topological polar surface area (TPSA) is 93.7 Å². The number of halogens is 3. The third-order valence-corrected chi connectivity index (χ3v) is 5.99. The molecule has 33 heavy (non-hydrogen) atoms. The number of carbonyl (C=O) groups excluding carboxylic acids is 1. The van der Waals surface area contributed by atoms with Crippen molar-refractivity contribution in [1.29, 1.82) is 0 Å². The van der Waals surface area contributed by atoms with Gasteiger partial charge in [0.05, 0.1) is 5.54 Å². The van der Waals surface area contributed by atoms with Crippen LogP contribution in [0.4, 0.5) is 14.7 Å². The fourth-order valence-corrected chi connectivity index (χ4v) is 3.96. The fourth-order valence-electron chi connectivity index (χ4n) is 3.57. The van der Waals surface area contributed by atoms with Crippen molar-refractivity contribution in [2.45, 2.75) is 45.9 Å². The molecule has 1 aromatic heterocycles. The Labute approximate surface area is 199 Å². The number of hydrogen-bond donors (Lipinski definition) is 1. The van der Waals surface area contributed by atoms with Gasteiger partial charge in [-0.2, -0.15) is 4.98 Å². The molecule has 0 aliphatic carbocycles. The third-order valence-electron chi connectivity index (χ3n) is 5.31. The Hall–Kier alpha value is -2.53.